The topological polar surface area (TPSA) is 24.1 Å². The van der Waals surface area contributed by atoms with Crippen LogP contribution in [-0.4, -0.2) is 6.17 Å². The summed E-state index contributed by atoms with van der Waals surface area (Å²) in [5.74, 6) is 0.604. The average molecular weight is 337 g/mol. The molecule has 1 unspecified atom stereocenters. The summed E-state index contributed by atoms with van der Waals surface area (Å²) in [4.78, 5) is 0. The van der Waals surface area contributed by atoms with Crippen LogP contribution >= 0.6 is 0 Å². The van der Waals surface area contributed by atoms with Gasteiger partial charge in [-0.25, -0.2) is 0 Å². The fourth-order valence-electron chi connectivity index (χ4n) is 2.61. The maximum atomic E-state index is 3.50. The Labute approximate surface area is 153 Å². The first-order valence-corrected chi connectivity index (χ1v) is 10.3. The van der Waals surface area contributed by atoms with E-state index in [1.54, 1.807) is 0 Å². The van der Waals surface area contributed by atoms with Crippen molar-refractivity contribution in [2.24, 2.45) is 5.92 Å². The number of hydrogen-bond donors (Lipinski definition) is 2. The van der Waals surface area contributed by atoms with Gasteiger partial charge in [-0.05, 0) is 30.0 Å². The van der Waals surface area contributed by atoms with E-state index >= 15 is 0 Å². The zero-order chi connectivity index (χ0) is 18.4. The number of aryl methyl sites for hydroxylation is 1. The van der Waals surface area contributed by atoms with E-state index in [9.17, 15) is 0 Å². The molecule has 0 bridgehead atoms. The van der Waals surface area contributed by atoms with Crippen LogP contribution in [0.15, 0.2) is 18.2 Å². The van der Waals surface area contributed by atoms with E-state index in [4.69, 9.17) is 0 Å². The second kappa shape index (κ2) is 14.2. The van der Waals surface area contributed by atoms with Crippen LogP contribution in [0, 0.1) is 5.92 Å². The molecule has 1 aromatic carbocycles. The second-order valence-electron chi connectivity index (χ2n) is 6.66. The number of benzene rings is 1. The highest BCUT2D eigenvalue weighted by Crippen LogP contribution is 2.31. The first kappa shape index (κ1) is 22.8. The van der Waals surface area contributed by atoms with E-state index in [0.29, 0.717) is 12.1 Å². The van der Waals surface area contributed by atoms with Crippen molar-refractivity contribution in [2.75, 3.05) is 10.6 Å². The molecule has 0 radical (unpaired) electrons. The molecule has 1 aromatic rings. The van der Waals surface area contributed by atoms with Gasteiger partial charge in [0.1, 0.15) is 0 Å². The van der Waals surface area contributed by atoms with Crippen LogP contribution in [0.25, 0.3) is 0 Å². The minimum Gasteiger partial charge on any atom is -0.363 e. The SMILES string of the molecule is CC.CCCCCCCC.CCc1ccc2c(c1)NC(C(C)C)N2.[HH]. The summed E-state index contributed by atoms with van der Waals surface area (Å²) in [5.41, 5.74) is 3.88. The molecule has 1 aliphatic rings. The van der Waals surface area contributed by atoms with Gasteiger partial charge in [-0.3, -0.25) is 0 Å². The van der Waals surface area contributed by atoms with Crippen LogP contribution in [0.2, 0.25) is 0 Å². The van der Waals surface area contributed by atoms with E-state index < -0.39 is 0 Å². The Morgan fingerprint density at radius 1 is 0.875 bits per heavy atom. The second-order valence-corrected chi connectivity index (χ2v) is 6.66. The molecule has 24 heavy (non-hydrogen) atoms. The first-order chi connectivity index (χ1) is 11.6. The molecule has 2 heteroatoms. The van der Waals surface area contributed by atoms with Crippen LogP contribution in [0.3, 0.4) is 0 Å². The smallest absolute Gasteiger partial charge is 0.0988 e. The maximum absolute atomic E-state index is 3.50. The number of anilines is 2. The summed E-state index contributed by atoms with van der Waals surface area (Å²) in [6.45, 7) is 15.1. The van der Waals surface area contributed by atoms with Crippen molar-refractivity contribution in [2.45, 2.75) is 99.6 Å². The summed E-state index contributed by atoms with van der Waals surface area (Å²) in [7, 11) is 0. The lowest BCUT2D eigenvalue weighted by Crippen LogP contribution is -2.27. The highest BCUT2D eigenvalue weighted by molar-refractivity contribution is 5.75. The highest BCUT2D eigenvalue weighted by atomic mass is 15.2. The summed E-state index contributed by atoms with van der Waals surface area (Å²) in [5, 5.41) is 6.97. The Balaban J connectivity index is 0. The molecule has 142 valence electrons. The van der Waals surface area contributed by atoms with E-state index in [2.05, 4.69) is 63.5 Å². The van der Waals surface area contributed by atoms with E-state index in [1.807, 2.05) is 13.8 Å². The fraction of sp³-hybridized carbons (Fsp3) is 0.727. The minimum atomic E-state index is 0. The molecule has 0 amide bonds. The van der Waals surface area contributed by atoms with Crippen LogP contribution in [0.4, 0.5) is 11.4 Å². The molecule has 0 fully saturated rings. The molecule has 0 aromatic heterocycles. The quantitative estimate of drug-likeness (QED) is 0.498. The van der Waals surface area contributed by atoms with Gasteiger partial charge < -0.3 is 10.6 Å². The molecular weight excluding hydrogens is 292 g/mol. The fourth-order valence-corrected chi connectivity index (χ4v) is 2.61. The van der Waals surface area contributed by atoms with Crippen molar-refractivity contribution in [3.63, 3.8) is 0 Å². The van der Waals surface area contributed by atoms with Gasteiger partial charge in [0.25, 0.3) is 0 Å². The number of fused-ring (bicyclic) bond motifs is 1. The van der Waals surface area contributed by atoms with Gasteiger partial charge in [0.2, 0.25) is 0 Å². The maximum Gasteiger partial charge on any atom is 0.0988 e. The van der Waals surface area contributed by atoms with E-state index in [0.717, 1.165) is 6.42 Å². The lowest BCUT2D eigenvalue weighted by atomic mass is 10.1. The Bertz CT molecular complexity index is 412. The molecule has 2 nitrogen and oxygen atoms in total. The summed E-state index contributed by atoms with van der Waals surface area (Å²) in [6.07, 6.45) is 9.97. The molecule has 1 aliphatic heterocycles. The Morgan fingerprint density at radius 2 is 1.42 bits per heavy atom. The van der Waals surface area contributed by atoms with Gasteiger partial charge in [0.15, 0.2) is 0 Å². The van der Waals surface area contributed by atoms with Gasteiger partial charge in [0, 0.05) is 1.43 Å². The van der Waals surface area contributed by atoms with Crippen molar-refractivity contribution in [1.29, 1.82) is 0 Å². The molecule has 2 rings (SSSR count). The number of unbranched alkanes of at least 4 members (excludes halogenated alkanes) is 5. The normalized spacial score (nSPS) is 14.6. The third-order valence-electron chi connectivity index (χ3n) is 4.24. The predicted octanol–water partition coefficient (Wildman–Crippen LogP) is 7.71. The summed E-state index contributed by atoms with van der Waals surface area (Å²) < 4.78 is 0. The average Bonchev–Trinajstić information content (AvgIpc) is 3.04. The zero-order valence-electron chi connectivity index (χ0n) is 17.3. The molecule has 0 aliphatic carbocycles. The van der Waals surface area contributed by atoms with Crippen molar-refractivity contribution in [1.82, 2.24) is 0 Å². The Morgan fingerprint density at radius 3 is 1.88 bits per heavy atom. The monoisotopic (exact) mass is 336 g/mol. The number of nitrogens with one attached hydrogen (secondary N) is 2. The van der Waals surface area contributed by atoms with Gasteiger partial charge in [-0.15, -0.1) is 0 Å². The molecular formula is C22H44N2. The minimum absolute atomic E-state index is 0. The third-order valence-corrected chi connectivity index (χ3v) is 4.24. The van der Waals surface area contributed by atoms with Crippen LogP contribution in [0.5, 0.6) is 0 Å². The lowest BCUT2D eigenvalue weighted by Gasteiger charge is -2.15. The van der Waals surface area contributed by atoms with Crippen molar-refractivity contribution >= 4 is 11.4 Å². The number of rotatable bonds is 7. The molecule has 0 saturated heterocycles. The predicted molar refractivity (Wildman–Crippen MR) is 114 cm³/mol. The van der Waals surface area contributed by atoms with Crippen LogP contribution in [-0.2, 0) is 6.42 Å². The van der Waals surface area contributed by atoms with E-state index in [1.165, 1.54) is 55.5 Å². The molecule has 1 heterocycles. The third kappa shape index (κ3) is 8.61. The van der Waals surface area contributed by atoms with Crippen molar-refractivity contribution < 1.29 is 1.43 Å². The Kier molecular flexibility index (Phi) is 13.5. The summed E-state index contributed by atoms with van der Waals surface area (Å²) in [6, 6.07) is 6.60. The highest BCUT2D eigenvalue weighted by Gasteiger charge is 2.21. The van der Waals surface area contributed by atoms with Crippen molar-refractivity contribution in [3.8, 4) is 0 Å². The van der Waals surface area contributed by atoms with Crippen LogP contribution < -0.4 is 10.6 Å². The largest absolute Gasteiger partial charge is 0.363 e. The van der Waals surface area contributed by atoms with Crippen LogP contribution in [0.1, 0.15) is 94.0 Å². The lowest BCUT2D eigenvalue weighted by molar-refractivity contribution is 0.581. The molecule has 1 atom stereocenters. The molecule has 0 saturated carbocycles. The molecule has 0 spiro atoms. The van der Waals surface area contributed by atoms with Gasteiger partial charge in [-0.1, -0.05) is 93.1 Å². The zero-order valence-corrected chi connectivity index (χ0v) is 17.3. The Hall–Kier alpha value is -1.18. The van der Waals surface area contributed by atoms with Gasteiger partial charge in [0.05, 0.1) is 17.5 Å². The summed E-state index contributed by atoms with van der Waals surface area (Å²) >= 11 is 0. The molecule has 2 N–H and O–H groups in total. The van der Waals surface area contributed by atoms with Gasteiger partial charge >= 0.3 is 0 Å². The van der Waals surface area contributed by atoms with Crippen molar-refractivity contribution in [3.05, 3.63) is 23.8 Å². The number of hydrogen-bond acceptors (Lipinski definition) is 2. The standard InChI is InChI=1S/C12H18N2.C8H18.C2H6.H2/c1-4-9-5-6-10-11(7-9)14-12(13-10)8(2)3;1-3-5-7-8-6-4-2;1-2;/h5-8,12-14H,4H2,1-3H3;3-8H2,1-2H3;1-2H3;1H. The van der Waals surface area contributed by atoms with Gasteiger partial charge in [-0.2, -0.15) is 0 Å². The first-order valence-electron chi connectivity index (χ1n) is 10.3. The van der Waals surface area contributed by atoms with E-state index in [-0.39, 0.29) is 1.43 Å².